The third-order valence-electron chi connectivity index (χ3n) is 1.57. The Morgan fingerprint density at radius 3 is 2.92 bits per heavy atom. The zero-order valence-electron chi connectivity index (χ0n) is 6.11. The number of aromatic nitrogens is 3. The van der Waals surface area contributed by atoms with Crippen LogP contribution < -0.4 is 0 Å². The van der Waals surface area contributed by atoms with Crippen LogP contribution in [0.15, 0.2) is 23.1 Å². The molecule has 2 heterocycles. The summed E-state index contributed by atoms with van der Waals surface area (Å²) >= 11 is 3.29. The summed E-state index contributed by atoms with van der Waals surface area (Å²) in [5.41, 5.74) is 0.735. The van der Waals surface area contributed by atoms with Crippen molar-refractivity contribution in [1.82, 2.24) is 14.4 Å². The van der Waals surface area contributed by atoms with Crippen molar-refractivity contribution in [2.75, 3.05) is 0 Å². The normalized spacial score (nSPS) is 10.8. The predicted molar refractivity (Wildman–Crippen MR) is 46.6 cm³/mol. The average molecular weight is 228 g/mol. The Morgan fingerprint density at radius 1 is 1.42 bits per heavy atom. The lowest BCUT2D eigenvalue weighted by Crippen LogP contribution is -1.93. The van der Waals surface area contributed by atoms with Crippen LogP contribution in [0.5, 0.6) is 0 Å². The summed E-state index contributed by atoms with van der Waals surface area (Å²) in [5.74, 6) is 0.599. The van der Waals surface area contributed by atoms with Crippen LogP contribution in [0.4, 0.5) is 0 Å². The summed E-state index contributed by atoms with van der Waals surface area (Å²) in [6.07, 6.45) is 5.10. The zero-order valence-corrected chi connectivity index (χ0v) is 7.69. The van der Waals surface area contributed by atoms with E-state index in [0.717, 1.165) is 10.2 Å². The first kappa shape index (κ1) is 7.70. The highest BCUT2D eigenvalue weighted by molar-refractivity contribution is 9.10. The fraction of sp³-hybridized carbons (Fsp3) is 0.143. The van der Waals surface area contributed by atoms with Crippen LogP contribution >= 0.6 is 15.9 Å². The van der Waals surface area contributed by atoms with Crippen LogP contribution in [-0.2, 0) is 6.61 Å². The lowest BCUT2D eigenvalue weighted by Gasteiger charge is -1.96. The lowest BCUT2D eigenvalue weighted by atomic mass is 10.5. The van der Waals surface area contributed by atoms with Gasteiger partial charge >= 0.3 is 0 Å². The van der Waals surface area contributed by atoms with E-state index in [2.05, 4.69) is 25.9 Å². The monoisotopic (exact) mass is 227 g/mol. The van der Waals surface area contributed by atoms with Crippen LogP contribution in [0.25, 0.3) is 5.78 Å². The number of imidazole rings is 1. The van der Waals surface area contributed by atoms with Crippen molar-refractivity contribution < 1.29 is 5.11 Å². The minimum absolute atomic E-state index is 0.0285. The van der Waals surface area contributed by atoms with E-state index < -0.39 is 0 Å². The number of hydrogen-bond acceptors (Lipinski definition) is 3. The van der Waals surface area contributed by atoms with Gasteiger partial charge in [-0.3, -0.25) is 4.40 Å². The average Bonchev–Trinajstić information content (AvgIpc) is 2.46. The van der Waals surface area contributed by atoms with Crippen molar-refractivity contribution >= 4 is 21.7 Å². The van der Waals surface area contributed by atoms with E-state index in [1.807, 2.05) is 6.20 Å². The van der Waals surface area contributed by atoms with Gasteiger partial charge in [-0.2, -0.15) is 0 Å². The summed E-state index contributed by atoms with van der Waals surface area (Å²) in [6, 6.07) is 0. The van der Waals surface area contributed by atoms with Gasteiger partial charge in [-0.05, 0) is 15.9 Å². The number of nitrogens with zero attached hydrogens (tertiary/aromatic N) is 3. The molecule has 0 aliphatic carbocycles. The number of halogens is 1. The smallest absolute Gasteiger partial charge is 0.234 e. The van der Waals surface area contributed by atoms with E-state index in [-0.39, 0.29) is 6.61 Å². The molecule has 0 atom stereocenters. The number of aliphatic hydroxyl groups excluding tert-OH is 1. The third-order valence-corrected chi connectivity index (χ3v) is 1.98. The van der Waals surface area contributed by atoms with Gasteiger partial charge in [0.25, 0.3) is 0 Å². The van der Waals surface area contributed by atoms with Crippen molar-refractivity contribution in [2.24, 2.45) is 0 Å². The van der Waals surface area contributed by atoms with Gasteiger partial charge in [0, 0.05) is 12.4 Å². The molecular formula is C7H6BrN3O. The Kier molecular flexibility index (Phi) is 1.82. The van der Waals surface area contributed by atoms with Crippen LogP contribution in [0.2, 0.25) is 0 Å². The van der Waals surface area contributed by atoms with Crippen molar-refractivity contribution in [1.29, 1.82) is 0 Å². The summed E-state index contributed by atoms with van der Waals surface area (Å²) in [7, 11) is 0. The highest BCUT2D eigenvalue weighted by atomic mass is 79.9. The largest absolute Gasteiger partial charge is 0.390 e. The number of aliphatic hydroxyl groups is 1. The predicted octanol–water partition coefficient (Wildman–Crippen LogP) is 0.984. The molecule has 0 aliphatic heterocycles. The minimum atomic E-state index is -0.0285. The van der Waals surface area contributed by atoms with E-state index in [9.17, 15) is 0 Å². The molecule has 1 N–H and O–H groups in total. The van der Waals surface area contributed by atoms with E-state index in [4.69, 9.17) is 5.11 Å². The Labute approximate surface area is 77.0 Å². The van der Waals surface area contributed by atoms with Crippen molar-refractivity contribution in [3.8, 4) is 0 Å². The maximum atomic E-state index is 8.91. The van der Waals surface area contributed by atoms with Gasteiger partial charge in [0.05, 0.1) is 23.0 Å². The molecule has 2 aromatic rings. The first-order valence-corrected chi connectivity index (χ1v) is 4.19. The molecule has 0 saturated carbocycles. The first-order chi connectivity index (χ1) is 5.81. The molecule has 2 rings (SSSR count). The molecule has 5 heteroatoms. The Hall–Kier alpha value is -0.940. The highest BCUT2D eigenvalue weighted by Gasteiger charge is 2.01. The molecule has 0 bridgehead atoms. The molecule has 0 amide bonds. The second-order valence-electron chi connectivity index (χ2n) is 2.35. The molecule has 0 aliphatic rings. The molecule has 0 radical (unpaired) electrons. The van der Waals surface area contributed by atoms with Gasteiger partial charge in [-0.25, -0.2) is 9.97 Å². The molecule has 2 aromatic heterocycles. The van der Waals surface area contributed by atoms with E-state index >= 15 is 0 Å². The molecule has 4 nitrogen and oxygen atoms in total. The molecule has 0 saturated heterocycles. The van der Waals surface area contributed by atoms with Crippen LogP contribution in [0, 0.1) is 0 Å². The standard InChI is InChI=1S/C7H6BrN3O/c8-5-1-9-7-10-2-6(4-12)11(7)3-5/h1-3,12H,4H2. The molecule has 12 heavy (non-hydrogen) atoms. The van der Waals surface area contributed by atoms with Gasteiger partial charge in [-0.1, -0.05) is 0 Å². The van der Waals surface area contributed by atoms with Crippen molar-refractivity contribution in [2.45, 2.75) is 6.61 Å². The van der Waals surface area contributed by atoms with Gasteiger partial charge in [-0.15, -0.1) is 0 Å². The van der Waals surface area contributed by atoms with Crippen molar-refractivity contribution in [3.05, 3.63) is 28.8 Å². The third kappa shape index (κ3) is 1.11. The lowest BCUT2D eigenvalue weighted by molar-refractivity contribution is 0.275. The van der Waals surface area contributed by atoms with Crippen LogP contribution in [0.3, 0.4) is 0 Å². The summed E-state index contributed by atoms with van der Waals surface area (Å²) < 4.78 is 2.60. The molecule has 0 fully saturated rings. The van der Waals surface area contributed by atoms with Crippen LogP contribution in [-0.4, -0.2) is 19.5 Å². The fourth-order valence-corrected chi connectivity index (χ4v) is 1.32. The number of rotatable bonds is 1. The van der Waals surface area contributed by atoms with E-state index in [0.29, 0.717) is 5.78 Å². The summed E-state index contributed by atoms with van der Waals surface area (Å²) in [5, 5.41) is 8.91. The zero-order chi connectivity index (χ0) is 8.55. The first-order valence-electron chi connectivity index (χ1n) is 3.39. The summed E-state index contributed by atoms with van der Waals surface area (Å²) in [6.45, 7) is -0.0285. The van der Waals surface area contributed by atoms with E-state index in [1.165, 1.54) is 0 Å². The number of fused-ring (bicyclic) bond motifs is 1. The maximum Gasteiger partial charge on any atom is 0.234 e. The minimum Gasteiger partial charge on any atom is -0.390 e. The fourth-order valence-electron chi connectivity index (χ4n) is 1.01. The Balaban J connectivity index is 2.75. The van der Waals surface area contributed by atoms with Gasteiger partial charge in [0.15, 0.2) is 0 Å². The molecule has 0 aromatic carbocycles. The molecular weight excluding hydrogens is 222 g/mol. The quantitative estimate of drug-likeness (QED) is 0.791. The second-order valence-corrected chi connectivity index (χ2v) is 3.27. The summed E-state index contributed by atoms with van der Waals surface area (Å²) in [4.78, 5) is 8.04. The molecule has 62 valence electrons. The molecule has 0 unspecified atom stereocenters. The SMILES string of the molecule is OCc1cnc2ncc(Br)cn12. The van der Waals surface area contributed by atoms with Crippen LogP contribution in [0.1, 0.15) is 5.69 Å². The number of hydrogen-bond donors (Lipinski definition) is 1. The van der Waals surface area contributed by atoms with Gasteiger partial charge in [0.2, 0.25) is 5.78 Å². The topological polar surface area (TPSA) is 50.4 Å². The Morgan fingerprint density at radius 2 is 2.17 bits per heavy atom. The van der Waals surface area contributed by atoms with Crippen molar-refractivity contribution in [3.63, 3.8) is 0 Å². The second kappa shape index (κ2) is 2.84. The Bertz CT molecular complexity index is 412. The highest BCUT2D eigenvalue weighted by Crippen LogP contribution is 2.10. The van der Waals surface area contributed by atoms with Gasteiger partial charge in [0.1, 0.15) is 0 Å². The van der Waals surface area contributed by atoms with E-state index in [1.54, 1.807) is 16.8 Å². The molecule has 0 spiro atoms. The maximum absolute atomic E-state index is 8.91. The van der Waals surface area contributed by atoms with Gasteiger partial charge < -0.3 is 5.11 Å².